The highest BCUT2D eigenvalue weighted by molar-refractivity contribution is 7.80. The van der Waals surface area contributed by atoms with Gasteiger partial charge in [-0.15, -0.1) is 0 Å². The summed E-state index contributed by atoms with van der Waals surface area (Å²) in [5, 5.41) is 4.96. The third-order valence-corrected chi connectivity index (χ3v) is 4.71. The molecule has 0 aliphatic heterocycles. The normalized spacial score (nSPS) is 10.0. The molecule has 0 saturated carbocycles. The molecular formula is C24H28N4O5S. The number of rotatable bonds is 10. The number of nitrogens with one attached hydrogen (secondary N) is 4. The first-order valence-corrected chi connectivity index (χ1v) is 11.2. The Morgan fingerprint density at radius 1 is 0.882 bits per heavy atom. The van der Waals surface area contributed by atoms with Gasteiger partial charge in [0.2, 0.25) is 11.8 Å². The highest BCUT2D eigenvalue weighted by atomic mass is 32.1. The van der Waals surface area contributed by atoms with E-state index in [2.05, 4.69) is 21.5 Å². The summed E-state index contributed by atoms with van der Waals surface area (Å²) in [5.74, 6) is -1.42. The van der Waals surface area contributed by atoms with Crippen molar-refractivity contribution in [1.82, 2.24) is 16.2 Å². The van der Waals surface area contributed by atoms with Crippen molar-refractivity contribution in [3.63, 3.8) is 0 Å². The van der Waals surface area contributed by atoms with Gasteiger partial charge in [0.1, 0.15) is 0 Å². The van der Waals surface area contributed by atoms with Crippen molar-refractivity contribution in [3.05, 3.63) is 65.7 Å². The monoisotopic (exact) mass is 484 g/mol. The first-order chi connectivity index (χ1) is 16.3. The molecule has 0 fully saturated rings. The molecule has 0 unspecified atom stereocenters. The first kappa shape index (κ1) is 26.5. The van der Waals surface area contributed by atoms with Crippen LogP contribution >= 0.6 is 12.2 Å². The van der Waals surface area contributed by atoms with E-state index < -0.39 is 5.91 Å². The molecule has 3 amide bonds. The molecule has 0 spiro atoms. The second-order valence-electron chi connectivity index (χ2n) is 7.38. The van der Waals surface area contributed by atoms with Gasteiger partial charge in [-0.3, -0.25) is 30.0 Å². The Morgan fingerprint density at radius 2 is 1.59 bits per heavy atom. The van der Waals surface area contributed by atoms with Gasteiger partial charge in [0.25, 0.3) is 5.91 Å². The van der Waals surface area contributed by atoms with Crippen LogP contribution in [0.4, 0.5) is 5.69 Å². The summed E-state index contributed by atoms with van der Waals surface area (Å²) in [6.45, 7) is 1.73. The zero-order valence-corrected chi connectivity index (χ0v) is 19.7. The Bertz CT molecular complexity index is 996. The Labute approximate surface area is 203 Å². The summed E-state index contributed by atoms with van der Waals surface area (Å²) in [6.07, 6.45) is 2.10. The largest absolute Gasteiger partial charge is 0.466 e. The number of carbonyl (C=O) groups excluding carboxylic acids is 4. The van der Waals surface area contributed by atoms with Gasteiger partial charge < -0.3 is 15.4 Å². The average Bonchev–Trinajstić information content (AvgIpc) is 2.81. The molecule has 0 atom stereocenters. The zero-order valence-electron chi connectivity index (χ0n) is 18.9. The lowest BCUT2D eigenvalue weighted by molar-refractivity contribution is -0.143. The standard InChI is InChI=1S/C24H28N4O5S/c1-17(29)25-20-14-12-19(13-15-20)23(32)27-28-24(34)26-21(30)10-5-11-22(31)33-16-6-9-18-7-3-2-4-8-18/h2-4,7-8,12-15H,5-6,9-11,16H2,1H3,(H,25,29)(H,27,32)(H2,26,28,30,34). The SMILES string of the molecule is CC(=O)Nc1ccc(C(=O)NNC(=S)NC(=O)CCCC(=O)OCCCc2ccccc2)cc1. The van der Waals surface area contributed by atoms with E-state index in [1.54, 1.807) is 12.1 Å². The molecule has 9 nitrogen and oxygen atoms in total. The Kier molecular flexibility index (Phi) is 11.2. The number of carbonyl (C=O) groups is 4. The fraction of sp³-hybridized carbons (Fsp3) is 0.292. The van der Waals surface area contributed by atoms with E-state index >= 15 is 0 Å². The van der Waals surface area contributed by atoms with E-state index in [0.717, 1.165) is 12.8 Å². The van der Waals surface area contributed by atoms with Crippen molar-refractivity contribution in [1.29, 1.82) is 0 Å². The molecule has 0 radical (unpaired) electrons. The van der Waals surface area contributed by atoms with Gasteiger partial charge >= 0.3 is 5.97 Å². The van der Waals surface area contributed by atoms with Gasteiger partial charge in [-0.05, 0) is 61.3 Å². The number of benzene rings is 2. The van der Waals surface area contributed by atoms with Crippen LogP contribution in [0.15, 0.2) is 54.6 Å². The van der Waals surface area contributed by atoms with Gasteiger partial charge in [0.05, 0.1) is 6.61 Å². The molecule has 2 aromatic rings. The molecule has 2 rings (SSSR count). The van der Waals surface area contributed by atoms with Crippen LogP contribution < -0.4 is 21.5 Å². The second-order valence-corrected chi connectivity index (χ2v) is 7.79. The average molecular weight is 485 g/mol. The molecule has 0 heterocycles. The quantitative estimate of drug-likeness (QED) is 0.177. The molecule has 34 heavy (non-hydrogen) atoms. The van der Waals surface area contributed by atoms with Crippen molar-refractivity contribution < 1.29 is 23.9 Å². The minimum atomic E-state index is -0.471. The number of ether oxygens (including phenoxy) is 1. The predicted molar refractivity (Wildman–Crippen MR) is 132 cm³/mol. The summed E-state index contributed by atoms with van der Waals surface area (Å²) < 4.78 is 5.18. The van der Waals surface area contributed by atoms with Crippen LogP contribution in [-0.2, 0) is 25.5 Å². The Morgan fingerprint density at radius 3 is 2.26 bits per heavy atom. The van der Waals surface area contributed by atoms with E-state index in [9.17, 15) is 19.2 Å². The third kappa shape index (κ3) is 10.7. The van der Waals surface area contributed by atoms with E-state index in [1.165, 1.54) is 24.6 Å². The van der Waals surface area contributed by atoms with Crippen LogP contribution in [0.3, 0.4) is 0 Å². The molecular weight excluding hydrogens is 456 g/mol. The van der Waals surface area contributed by atoms with Crippen LogP contribution in [-0.4, -0.2) is 35.4 Å². The van der Waals surface area contributed by atoms with Gasteiger partial charge in [0, 0.05) is 31.0 Å². The van der Waals surface area contributed by atoms with E-state index in [-0.39, 0.29) is 35.7 Å². The Balaban J connectivity index is 1.56. The maximum absolute atomic E-state index is 12.1. The van der Waals surface area contributed by atoms with E-state index in [0.29, 0.717) is 24.3 Å². The van der Waals surface area contributed by atoms with Gasteiger partial charge in [-0.2, -0.15) is 0 Å². The minimum absolute atomic E-state index is 0.0725. The lowest BCUT2D eigenvalue weighted by atomic mass is 10.1. The maximum Gasteiger partial charge on any atom is 0.305 e. The number of aryl methyl sites for hydroxylation is 1. The summed E-state index contributed by atoms with van der Waals surface area (Å²) in [5.41, 5.74) is 6.90. The van der Waals surface area contributed by atoms with Crippen molar-refractivity contribution in [2.45, 2.75) is 39.0 Å². The lowest BCUT2D eigenvalue weighted by Crippen LogP contribution is -2.48. The maximum atomic E-state index is 12.1. The third-order valence-electron chi connectivity index (χ3n) is 4.51. The minimum Gasteiger partial charge on any atom is -0.466 e. The number of hydrogen-bond donors (Lipinski definition) is 4. The highest BCUT2D eigenvalue weighted by Gasteiger charge is 2.10. The first-order valence-electron chi connectivity index (χ1n) is 10.8. The Hall–Kier alpha value is -3.79. The molecule has 0 aliphatic rings. The van der Waals surface area contributed by atoms with Crippen LogP contribution in [0.2, 0.25) is 0 Å². The fourth-order valence-corrected chi connectivity index (χ4v) is 3.05. The van der Waals surface area contributed by atoms with Crippen molar-refractivity contribution in [3.8, 4) is 0 Å². The fourth-order valence-electron chi connectivity index (χ4n) is 2.89. The summed E-state index contributed by atoms with van der Waals surface area (Å²) in [7, 11) is 0. The van der Waals surface area contributed by atoms with Crippen LogP contribution in [0.5, 0.6) is 0 Å². The van der Waals surface area contributed by atoms with Crippen LogP contribution in [0.1, 0.15) is 48.5 Å². The number of thiocarbonyl (C=S) groups is 1. The molecule has 10 heteroatoms. The molecule has 0 aromatic heterocycles. The molecule has 0 saturated heterocycles. The summed E-state index contributed by atoms with van der Waals surface area (Å²) in [4.78, 5) is 46.9. The molecule has 0 aliphatic carbocycles. The van der Waals surface area contributed by atoms with Crippen molar-refractivity contribution >= 4 is 46.7 Å². The van der Waals surface area contributed by atoms with E-state index in [4.69, 9.17) is 17.0 Å². The molecule has 180 valence electrons. The zero-order chi connectivity index (χ0) is 24.8. The predicted octanol–water partition coefficient (Wildman–Crippen LogP) is 2.63. The van der Waals surface area contributed by atoms with E-state index in [1.807, 2.05) is 30.3 Å². The van der Waals surface area contributed by atoms with Crippen molar-refractivity contribution in [2.24, 2.45) is 0 Å². The lowest BCUT2D eigenvalue weighted by Gasteiger charge is -2.11. The number of anilines is 1. The van der Waals surface area contributed by atoms with Crippen LogP contribution in [0.25, 0.3) is 0 Å². The molecule has 0 bridgehead atoms. The number of hydrogen-bond acceptors (Lipinski definition) is 6. The molecule has 4 N–H and O–H groups in total. The topological polar surface area (TPSA) is 126 Å². The van der Waals surface area contributed by atoms with Crippen molar-refractivity contribution in [2.75, 3.05) is 11.9 Å². The van der Waals surface area contributed by atoms with Crippen LogP contribution in [0, 0.1) is 0 Å². The second kappa shape index (κ2) is 14.4. The summed E-state index contributed by atoms with van der Waals surface area (Å²) >= 11 is 4.98. The number of amides is 3. The van der Waals surface area contributed by atoms with Gasteiger partial charge in [-0.25, -0.2) is 0 Å². The summed E-state index contributed by atoms with van der Waals surface area (Å²) in [6, 6.07) is 16.2. The molecule has 2 aromatic carbocycles. The highest BCUT2D eigenvalue weighted by Crippen LogP contribution is 2.09. The van der Waals surface area contributed by atoms with Gasteiger partial charge in [0.15, 0.2) is 5.11 Å². The van der Waals surface area contributed by atoms with Gasteiger partial charge in [-0.1, -0.05) is 30.3 Å². The number of esters is 1. The smallest absolute Gasteiger partial charge is 0.305 e. The number of hydrazine groups is 1.